The smallest absolute Gasteiger partial charge is 0.342 e. The highest BCUT2D eigenvalue weighted by atomic mass is 19.4. The van der Waals surface area contributed by atoms with Gasteiger partial charge in [-0.05, 0) is 37.8 Å². The number of nitrogens with one attached hydrogen (secondary N) is 1. The van der Waals surface area contributed by atoms with Gasteiger partial charge < -0.3 is 10.2 Å². The summed E-state index contributed by atoms with van der Waals surface area (Å²) in [5.41, 5.74) is -0.232. The summed E-state index contributed by atoms with van der Waals surface area (Å²) in [6.07, 6.45) is -0.754. The number of hydrogen-bond donors (Lipinski definition) is 1. The van der Waals surface area contributed by atoms with Gasteiger partial charge in [0, 0.05) is 31.1 Å². The number of alkyl halides is 3. The average Bonchev–Trinajstić information content (AvgIpc) is 3.44. The zero-order valence-corrected chi connectivity index (χ0v) is 13.6. The Morgan fingerprint density at radius 3 is 2.32 bits per heavy atom. The van der Waals surface area contributed by atoms with Crippen LogP contribution < -0.4 is 5.32 Å². The fourth-order valence-corrected chi connectivity index (χ4v) is 3.08. The maximum Gasteiger partial charge on any atom is 0.414 e. The Morgan fingerprint density at radius 1 is 1.12 bits per heavy atom. The first kappa shape index (κ1) is 17.7. The molecule has 2 amide bonds. The van der Waals surface area contributed by atoms with E-state index in [4.69, 9.17) is 0 Å². The van der Waals surface area contributed by atoms with Gasteiger partial charge >= 0.3 is 6.18 Å². The lowest BCUT2D eigenvalue weighted by atomic mass is 9.95. The summed E-state index contributed by atoms with van der Waals surface area (Å²) < 4.78 is 39.9. The number of nitrogens with zero attached hydrogens (tertiary/aromatic N) is 2. The van der Waals surface area contributed by atoms with E-state index in [1.807, 2.05) is 0 Å². The Morgan fingerprint density at radius 2 is 1.80 bits per heavy atom. The molecule has 5 nitrogen and oxygen atoms in total. The van der Waals surface area contributed by atoms with Gasteiger partial charge in [0.15, 0.2) is 6.04 Å². The molecule has 2 aliphatic rings. The predicted molar refractivity (Wildman–Crippen MR) is 83.2 cm³/mol. The molecule has 1 aliphatic carbocycles. The van der Waals surface area contributed by atoms with Crippen molar-refractivity contribution in [1.82, 2.24) is 15.2 Å². The number of carbonyl (C=O) groups excluding carboxylic acids is 2. The highest BCUT2D eigenvalue weighted by molar-refractivity contribution is 5.82. The van der Waals surface area contributed by atoms with Crippen molar-refractivity contribution in [3.8, 4) is 0 Å². The summed E-state index contributed by atoms with van der Waals surface area (Å²) in [5, 5.41) is 2.09. The Hall–Kier alpha value is -2.12. The molecule has 1 aromatic rings. The van der Waals surface area contributed by atoms with Crippen molar-refractivity contribution in [3.63, 3.8) is 0 Å². The minimum absolute atomic E-state index is 0.112. The number of rotatable bonds is 4. The third kappa shape index (κ3) is 4.29. The number of pyridine rings is 1. The first-order chi connectivity index (χ1) is 11.9. The van der Waals surface area contributed by atoms with Crippen molar-refractivity contribution >= 4 is 11.8 Å². The van der Waals surface area contributed by atoms with Gasteiger partial charge in [-0.25, -0.2) is 0 Å². The number of halogens is 3. The van der Waals surface area contributed by atoms with Crippen molar-refractivity contribution in [3.05, 3.63) is 30.1 Å². The molecule has 0 spiro atoms. The highest BCUT2D eigenvalue weighted by Crippen LogP contribution is 2.34. The molecule has 0 radical (unpaired) electrons. The zero-order chi connectivity index (χ0) is 18.0. The number of hydrogen-bond acceptors (Lipinski definition) is 3. The quantitative estimate of drug-likeness (QED) is 0.902. The number of likely N-dealkylation sites (tertiary alicyclic amines) is 1. The fraction of sp³-hybridized carbons (Fsp3) is 0.588. The molecule has 0 bridgehead atoms. The van der Waals surface area contributed by atoms with Crippen LogP contribution >= 0.6 is 0 Å². The van der Waals surface area contributed by atoms with Crippen molar-refractivity contribution in [2.24, 2.45) is 11.8 Å². The van der Waals surface area contributed by atoms with Crippen LogP contribution in [-0.4, -0.2) is 41.0 Å². The van der Waals surface area contributed by atoms with Gasteiger partial charge in [0.1, 0.15) is 0 Å². The Labute approximate surface area is 143 Å². The van der Waals surface area contributed by atoms with Crippen LogP contribution in [0, 0.1) is 11.8 Å². The normalized spacial score (nSPS) is 20.2. The second-order valence-corrected chi connectivity index (χ2v) is 6.61. The van der Waals surface area contributed by atoms with Gasteiger partial charge in [-0.2, -0.15) is 13.2 Å². The zero-order valence-electron chi connectivity index (χ0n) is 13.6. The van der Waals surface area contributed by atoms with Gasteiger partial charge in [-0.1, -0.05) is 6.07 Å². The van der Waals surface area contributed by atoms with Crippen molar-refractivity contribution < 1.29 is 22.8 Å². The Balaban J connectivity index is 1.59. The third-order valence-corrected chi connectivity index (χ3v) is 4.70. The molecule has 2 fully saturated rings. The average molecular weight is 355 g/mol. The van der Waals surface area contributed by atoms with E-state index < -0.39 is 24.0 Å². The molecule has 3 rings (SSSR count). The highest BCUT2D eigenvalue weighted by Gasteiger charge is 2.44. The molecule has 1 aromatic heterocycles. The van der Waals surface area contributed by atoms with E-state index in [9.17, 15) is 22.8 Å². The number of carbonyl (C=O) groups is 2. The number of aromatic nitrogens is 1. The summed E-state index contributed by atoms with van der Waals surface area (Å²) in [4.78, 5) is 29.7. The summed E-state index contributed by atoms with van der Waals surface area (Å²) in [7, 11) is 0. The van der Waals surface area contributed by atoms with Gasteiger partial charge in [-0.3, -0.25) is 14.6 Å². The van der Waals surface area contributed by atoms with Crippen LogP contribution in [0.4, 0.5) is 13.2 Å². The maximum atomic E-state index is 13.3. The molecule has 0 unspecified atom stereocenters. The van der Waals surface area contributed by atoms with Gasteiger partial charge in [0.05, 0.1) is 5.69 Å². The summed E-state index contributed by atoms with van der Waals surface area (Å²) in [6.45, 7) is 0.849. The van der Waals surface area contributed by atoms with Gasteiger partial charge in [-0.15, -0.1) is 0 Å². The van der Waals surface area contributed by atoms with E-state index in [-0.39, 0.29) is 17.5 Å². The second kappa shape index (κ2) is 7.01. The molecule has 136 valence electrons. The first-order valence-electron chi connectivity index (χ1n) is 8.43. The minimum atomic E-state index is -4.62. The molecule has 0 aromatic carbocycles. The van der Waals surface area contributed by atoms with Crippen LogP contribution in [0.2, 0.25) is 0 Å². The van der Waals surface area contributed by atoms with Gasteiger partial charge in [0.25, 0.3) is 0 Å². The van der Waals surface area contributed by atoms with Crippen LogP contribution in [0.3, 0.4) is 0 Å². The molecular formula is C17H20F3N3O2. The van der Waals surface area contributed by atoms with E-state index in [0.717, 1.165) is 12.8 Å². The topological polar surface area (TPSA) is 62.3 Å². The number of piperidine rings is 1. The minimum Gasteiger partial charge on any atom is -0.342 e. The summed E-state index contributed by atoms with van der Waals surface area (Å²) >= 11 is 0. The van der Waals surface area contributed by atoms with Gasteiger partial charge in [0.2, 0.25) is 11.8 Å². The molecular weight excluding hydrogens is 335 g/mol. The molecule has 1 aliphatic heterocycles. The van der Waals surface area contributed by atoms with E-state index in [1.54, 1.807) is 4.90 Å². The van der Waals surface area contributed by atoms with Crippen LogP contribution in [0.15, 0.2) is 24.4 Å². The molecule has 2 heterocycles. The SMILES string of the molecule is O=C(N[C@@H](c1ccccn1)C(F)(F)F)C1CCN(C(=O)C2CC2)CC1. The molecule has 1 N–H and O–H groups in total. The predicted octanol–water partition coefficient (Wildman–Crippen LogP) is 2.45. The lowest BCUT2D eigenvalue weighted by molar-refractivity contribution is -0.165. The van der Waals surface area contributed by atoms with E-state index in [1.165, 1.54) is 24.4 Å². The molecule has 25 heavy (non-hydrogen) atoms. The van der Waals surface area contributed by atoms with Crippen LogP contribution in [0.25, 0.3) is 0 Å². The molecule has 1 saturated heterocycles. The molecule has 1 atom stereocenters. The van der Waals surface area contributed by atoms with Crippen LogP contribution in [0.1, 0.15) is 37.4 Å². The number of amides is 2. The van der Waals surface area contributed by atoms with E-state index in [0.29, 0.717) is 25.9 Å². The van der Waals surface area contributed by atoms with Crippen molar-refractivity contribution in [1.29, 1.82) is 0 Å². The summed E-state index contributed by atoms with van der Waals surface area (Å²) in [5.74, 6) is -0.923. The van der Waals surface area contributed by atoms with E-state index >= 15 is 0 Å². The van der Waals surface area contributed by atoms with E-state index in [2.05, 4.69) is 10.3 Å². The first-order valence-corrected chi connectivity index (χ1v) is 8.43. The lowest BCUT2D eigenvalue weighted by Crippen LogP contribution is -2.46. The third-order valence-electron chi connectivity index (χ3n) is 4.70. The Kier molecular flexibility index (Phi) is 4.96. The lowest BCUT2D eigenvalue weighted by Gasteiger charge is -2.32. The standard InChI is InChI=1S/C17H20F3N3O2/c18-17(19,20)14(13-3-1-2-8-21-13)22-15(24)11-6-9-23(10-7-11)16(25)12-4-5-12/h1-3,8,11-12,14H,4-7,9-10H2,(H,22,24)/t14-/m0/s1. The van der Waals surface area contributed by atoms with Crippen molar-refractivity contribution in [2.75, 3.05) is 13.1 Å². The molecule has 1 saturated carbocycles. The Bertz CT molecular complexity index is 624. The fourth-order valence-electron chi connectivity index (χ4n) is 3.08. The van der Waals surface area contributed by atoms with Crippen LogP contribution in [0.5, 0.6) is 0 Å². The van der Waals surface area contributed by atoms with Crippen LogP contribution in [-0.2, 0) is 9.59 Å². The summed E-state index contributed by atoms with van der Waals surface area (Å²) in [6, 6.07) is 2.10. The largest absolute Gasteiger partial charge is 0.414 e. The maximum absolute atomic E-state index is 13.3. The monoisotopic (exact) mass is 355 g/mol. The van der Waals surface area contributed by atoms with Crippen molar-refractivity contribution in [2.45, 2.75) is 37.9 Å². The second-order valence-electron chi connectivity index (χ2n) is 6.61. The molecule has 8 heteroatoms.